The number of benzene rings is 1. The molecule has 2 unspecified atom stereocenters. The average molecular weight is 434 g/mol. The lowest BCUT2D eigenvalue weighted by Gasteiger charge is -2.34. The van der Waals surface area contributed by atoms with E-state index in [0.717, 1.165) is 22.8 Å². The second-order valence-corrected chi connectivity index (χ2v) is 9.88. The summed E-state index contributed by atoms with van der Waals surface area (Å²) >= 11 is 5.36. The van der Waals surface area contributed by atoms with Crippen molar-refractivity contribution in [2.24, 2.45) is 0 Å². The highest BCUT2D eigenvalue weighted by Crippen LogP contribution is 2.47. The number of halogens is 1. The van der Waals surface area contributed by atoms with E-state index in [2.05, 4.69) is 33.9 Å². The van der Waals surface area contributed by atoms with Gasteiger partial charge in [-0.25, -0.2) is 0 Å². The number of para-hydroxylation sites is 1. The summed E-state index contributed by atoms with van der Waals surface area (Å²) in [6.45, 7) is 3.42. The van der Waals surface area contributed by atoms with Crippen LogP contribution in [0.25, 0.3) is 10.9 Å². The zero-order valence-electron chi connectivity index (χ0n) is 14.5. The fourth-order valence-electron chi connectivity index (χ4n) is 4.60. The molecule has 2 atom stereocenters. The van der Waals surface area contributed by atoms with Gasteiger partial charge in [0.1, 0.15) is 6.04 Å². The zero-order valence-corrected chi connectivity index (χ0v) is 17.0. The minimum atomic E-state index is -0.307. The van der Waals surface area contributed by atoms with Gasteiger partial charge in [-0.15, -0.1) is 11.8 Å². The van der Waals surface area contributed by atoms with Gasteiger partial charge in [0.05, 0.1) is 10.4 Å². The summed E-state index contributed by atoms with van der Waals surface area (Å²) in [5.74, 6) is 0.945. The second-order valence-electron chi connectivity index (χ2n) is 7.52. The maximum absolute atomic E-state index is 13.3. The Morgan fingerprint density at radius 1 is 1.38 bits per heavy atom. The second kappa shape index (κ2) is 5.76. The first-order valence-corrected chi connectivity index (χ1v) is 10.8. The van der Waals surface area contributed by atoms with Gasteiger partial charge in [0.15, 0.2) is 0 Å². The number of nitrogens with one attached hydrogen (secondary N) is 1. The molecule has 0 spiro atoms. The van der Waals surface area contributed by atoms with Gasteiger partial charge in [-0.2, -0.15) is 0 Å². The van der Waals surface area contributed by atoms with Crippen LogP contribution in [0.5, 0.6) is 0 Å². The van der Waals surface area contributed by atoms with Crippen molar-refractivity contribution in [3.8, 4) is 0 Å². The van der Waals surface area contributed by atoms with Crippen LogP contribution in [-0.4, -0.2) is 49.8 Å². The number of rotatable bonds is 1. The monoisotopic (exact) mass is 433 g/mol. The lowest BCUT2D eigenvalue weighted by atomic mass is 10.0. The number of amides is 2. The van der Waals surface area contributed by atoms with E-state index in [4.69, 9.17) is 0 Å². The molecule has 5 nitrogen and oxygen atoms in total. The number of hydrogen-bond acceptors (Lipinski definition) is 3. The molecule has 0 saturated carbocycles. The summed E-state index contributed by atoms with van der Waals surface area (Å²) < 4.78 is 1.05. The number of fused-ring (bicyclic) bond motifs is 4. The van der Waals surface area contributed by atoms with Crippen molar-refractivity contribution in [3.05, 3.63) is 33.9 Å². The van der Waals surface area contributed by atoms with Crippen LogP contribution in [0.2, 0.25) is 0 Å². The Morgan fingerprint density at radius 3 is 3.08 bits per heavy atom. The highest BCUT2D eigenvalue weighted by Gasteiger charge is 2.53. The van der Waals surface area contributed by atoms with Crippen LogP contribution in [0, 0.1) is 0 Å². The Labute approximate surface area is 164 Å². The molecule has 1 N–H and O–H groups in total. The van der Waals surface area contributed by atoms with Gasteiger partial charge < -0.3 is 14.8 Å². The number of nitrogens with zero attached hydrogens (tertiary/aromatic N) is 2. The summed E-state index contributed by atoms with van der Waals surface area (Å²) in [4.78, 5) is 32.7. The predicted octanol–water partition coefficient (Wildman–Crippen LogP) is 3.27. The van der Waals surface area contributed by atoms with Crippen LogP contribution in [-0.2, 0) is 22.6 Å². The van der Waals surface area contributed by atoms with E-state index in [1.807, 2.05) is 21.9 Å². The largest absolute Gasteiger partial charge is 0.357 e. The molecule has 0 bridgehead atoms. The molecule has 0 aliphatic carbocycles. The first kappa shape index (κ1) is 16.7. The maximum Gasteiger partial charge on any atom is 0.246 e. The molecular formula is C19H20BrN3O2S. The number of carbonyl (C=O) groups is 2. The lowest BCUT2D eigenvalue weighted by Crippen LogP contribution is -2.52. The fraction of sp³-hybridized carbons (Fsp3) is 0.474. The Morgan fingerprint density at radius 2 is 2.23 bits per heavy atom. The van der Waals surface area contributed by atoms with Gasteiger partial charge >= 0.3 is 0 Å². The Bertz CT molecular complexity index is 942. The molecule has 1 aromatic carbocycles. The van der Waals surface area contributed by atoms with Gasteiger partial charge in [-0.1, -0.05) is 12.1 Å². The van der Waals surface area contributed by atoms with Crippen LogP contribution in [0.3, 0.4) is 0 Å². The summed E-state index contributed by atoms with van der Waals surface area (Å²) in [6.07, 6.45) is 2.24. The molecule has 0 radical (unpaired) electrons. The molecule has 1 aromatic heterocycles. The molecule has 2 fully saturated rings. The quantitative estimate of drug-likeness (QED) is 0.750. The molecule has 2 saturated heterocycles. The van der Waals surface area contributed by atoms with Crippen LogP contribution in [0.1, 0.15) is 31.0 Å². The van der Waals surface area contributed by atoms with E-state index in [-0.39, 0.29) is 22.7 Å². The number of hydrogen-bond donors (Lipinski definition) is 1. The van der Waals surface area contributed by atoms with Gasteiger partial charge in [-0.3, -0.25) is 9.59 Å². The highest BCUT2D eigenvalue weighted by molar-refractivity contribution is 9.10. The standard InChI is InChI=1S/C19H20BrN3O2S/c1-19-7-5-16(24)23(19)15(10-26-19)18(25)22-8-6-14-12(9-22)11-3-2-4-13(20)17(11)21-14/h2-4,15,21H,5-10H2,1H3. The van der Waals surface area contributed by atoms with Gasteiger partial charge in [0.25, 0.3) is 0 Å². The maximum atomic E-state index is 13.3. The van der Waals surface area contributed by atoms with Crippen LogP contribution in [0.15, 0.2) is 22.7 Å². The summed E-state index contributed by atoms with van der Waals surface area (Å²) in [6, 6.07) is 5.86. The average Bonchev–Trinajstić information content (AvgIpc) is 3.26. The Kier molecular flexibility index (Phi) is 3.70. The van der Waals surface area contributed by atoms with Crippen molar-refractivity contribution in [2.45, 2.75) is 43.6 Å². The smallest absolute Gasteiger partial charge is 0.246 e. The van der Waals surface area contributed by atoms with E-state index in [9.17, 15) is 9.59 Å². The summed E-state index contributed by atoms with van der Waals surface area (Å²) in [7, 11) is 0. The van der Waals surface area contributed by atoms with Gasteiger partial charge in [0.2, 0.25) is 11.8 Å². The Hall–Kier alpha value is -1.47. The number of thioether (sulfide) groups is 1. The molecule has 3 aliphatic heterocycles. The van der Waals surface area contributed by atoms with Crippen molar-refractivity contribution in [3.63, 3.8) is 0 Å². The number of H-pyrrole nitrogens is 1. The van der Waals surface area contributed by atoms with Gasteiger partial charge in [0, 0.05) is 52.8 Å². The van der Waals surface area contributed by atoms with Crippen LogP contribution >= 0.6 is 27.7 Å². The molecule has 2 amide bonds. The Balaban J connectivity index is 1.44. The van der Waals surface area contributed by atoms with Crippen LogP contribution < -0.4 is 0 Å². The molecule has 7 heteroatoms. The summed E-state index contributed by atoms with van der Waals surface area (Å²) in [5, 5.41) is 1.18. The first-order valence-electron chi connectivity index (χ1n) is 9.01. The van der Waals surface area contributed by atoms with Crippen molar-refractivity contribution in [2.75, 3.05) is 12.3 Å². The minimum Gasteiger partial charge on any atom is -0.357 e. The number of aromatic nitrogens is 1. The van der Waals surface area contributed by atoms with Gasteiger partial charge in [-0.05, 0) is 35.3 Å². The number of aromatic amines is 1. The summed E-state index contributed by atoms with van der Waals surface area (Å²) in [5.41, 5.74) is 3.53. The minimum absolute atomic E-state index is 0.103. The van der Waals surface area contributed by atoms with Crippen molar-refractivity contribution in [1.29, 1.82) is 0 Å². The number of carbonyl (C=O) groups excluding carboxylic acids is 2. The third-order valence-corrected chi connectivity index (χ3v) is 8.17. The third kappa shape index (κ3) is 2.29. The predicted molar refractivity (Wildman–Crippen MR) is 106 cm³/mol. The molecule has 26 heavy (non-hydrogen) atoms. The lowest BCUT2D eigenvalue weighted by molar-refractivity contribution is -0.144. The molecular weight excluding hydrogens is 414 g/mol. The molecule has 3 aliphatic rings. The molecule has 136 valence electrons. The molecule has 4 heterocycles. The molecule has 5 rings (SSSR count). The fourth-order valence-corrected chi connectivity index (χ4v) is 6.49. The first-order chi connectivity index (χ1) is 12.5. The van der Waals surface area contributed by atoms with E-state index in [0.29, 0.717) is 25.3 Å². The van der Waals surface area contributed by atoms with Crippen molar-refractivity contribution in [1.82, 2.24) is 14.8 Å². The topological polar surface area (TPSA) is 56.4 Å². The van der Waals surface area contributed by atoms with E-state index in [1.165, 1.54) is 16.6 Å². The van der Waals surface area contributed by atoms with E-state index >= 15 is 0 Å². The molecule has 2 aromatic rings. The van der Waals surface area contributed by atoms with E-state index in [1.54, 1.807) is 11.8 Å². The van der Waals surface area contributed by atoms with Crippen molar-refractivity contribution < 1.29 is 9.59 Å². The zero-order chi connectivity index (χ0) is 18.1. The SMILES string of the molecule is CC12CCC(=O)N1C(C(=O)N1CCc3[nH]c4c(Br)cccc4c3C1)CS2. The van der Waals surface area contributed by atoms with E-state index < -0.39 is 0 Å². The third-order valence-electron chi connectivity index (χ3n) is 6.00. The van der Waals surface area contributed by atoms with Crippen LogP contribution in [0.4, 0.5) is 0 Å². The highest BCUT2D eigenvalue weighted by atomic mass is 79.9. The van der Waals surface area contributed by atoms with Crippen molar-refractivity contribution >= 4 is 50.4 Å². The normalized spacial score (nSPS) is 27.9.